The molecule has 0 spiro atoms. The van der Waals surface area contributed by atoms with E-state index >= 15 is 0 Å². The Labute approximate surface area is 243 Å². The molecule has 0 bridgehead atoms. The van der Waals surface area contributed by atoms with Crippen LogP contribution in [-0.2, 0) is 24.0 Å². The number of ether oxygens (including phenoxy) is 2. The van der Waals surface area contributed by atoms with Gasteiger partial charge in [0.2, 0.25) is 11.7 Å². The predicted octanol–water partition coefficient (Wildman–Crippen LogP) is 4.04. The van der Waals surface area contributed by atoms with E-state index in [1.807, 2.05) is 13.8 Å². The number of nitrogens with one attached hydrogen (secondary N) is 2. The van der Waals surface area contributed by atoms with Crippen LogP contribution in [0.2, 0.25) is 0 Å². The zero-order valence-corrected chi connectivity index (χ0v) is 24.5. The molecule has 0 aromatic heterocycles. The Hall–Kier alpha value is -2.81. The molecule has 7 atom stereocenters. The first kappa shape index (κ1) is 32.7. The van der Waals surface area contributed by atoms with E-state index < -0.39 is 30.2 Å². The molecule has 0 aliphatic heterocycles. The molecular weight excluding hydrogens is 530 g/mol. The molecule has 3 rings (SSSR count). The smallest absolute Gasteiger partial charge is 0.407 e. The third-order valence-corrected chi connectivity index (χ3v) is 8.39. The van der Waals surface area contributed by atoms with Crippen LogP contribution in [0, 0.1) is 35.5 Å². The summed E-state index contributed by atoms with van der Waals surface area (Å²) >= 11 is 0. The van der Waals surface area contributed by atoms with Gasteiger partial charge in [-0.3, -0.25) is 4.79 Å². The van der Waals surface area contributed by atoms with Gasteiger partial charge in [-0.25, -0.2) is 19.4 Å². The minimum atomic E-state index is -1.57. The molecule has 3 aliphatic carbocycles. The number of aliphatic hydroxyl groups is 1. The molecule has 2 saturated carbocycles. The van der Waals surface area contributed by atoms with Gasteiger partial charge in [-0.15, -0.1) is 11.8 Å². The standard InChI is InChI=1S/C30H47N3O8/c1-4-22(21(3)40-41-30(37)15-9-11-23(18-30)39-28(31)35)17-20(2)33-27(34)14-10-16-32-29(36)38-19-26-24-12-7-5-6-8-13-25(24)26/h21-26,37H,2,4,7-19H2,1,3H3,(H2,31,35)(H,32,36)(H,33,34)/t21-,22?,23?,24-,25+,26-,30-/m1/s1. The zero-order valence-electron chi connectivity index (χ0n) is 24.5. The molecule has 2 unspecified atom stereocenters. The van der Waals surface area contributed by atoms with E-state index in [9.17, 15) is 19.5 Å². The molecule has 3 amide bonds. The molecule has 11 nitrogen and oxygen atoms in total. The Morgan fingerprint density at radius 1 is 1.17 bits per heavy atom. The van der Waals surface area contributed by atoms with Gasteiger partial charge in [-0.2, -0.15) is 0 Å². The first-order valence-corrected chi connectivity index (χ1v) is 15.0. The van der Waals surface area contributed by atoms with Crippen LogP contribution in [0.4, 0.5) is 9.59 Å². The van der Waals surface area contributed by atoms with Gasteiger partial charge < -0.3 is 30.9 Å². The third-order valence-electron chi connectivity index (χ3n) is 8.39. The van der Waals surface area contributed by atoms with E-state index in [4.69, 9.17) is 25.0 Å². The summed E-state index contributed by atoms with van der Waals surface area (Å²) < 4.78 is 10.4. The van der Waals surface area contributed by atoms with Crippen molar-refractivity contribution in [2.45, 2.75) is 109 Å². The second kappa shape index (κ2) is 16.0. The van der Waals surface area contributed by atoms with Crippen molar-refractivity contribution in [1.82, 2.24) is 10.6 Å². The van der Waals surface area contributed by atoms with E-state index in [-0.39, 0.29) is 24.7 Å². The molecule has 5 N–H and O–H groups in total. The highest BCUT2D eigenvalue weighted by molar-refractivity contribution is 5.77. The van der Waals surface area contributed by atoms with Gasteiger partial charge in [0.25, 0.3) is 0 Å². The number of hydrogen-bond acceptors (Lipinski definition) is 8. The van der Waals surface area contributed by atoms with Crippen molar-refractivity contribution >= 4 is 18.1 Å². The number of rotatable bonds is 15. The van der Waals surface area contributed by atoms with Crippen LogP contribution in [0.1, 0.15) is 90.9 Å². The summed E-state index contributed by atoms with van der Waals surface area (Å²) in [4.78, 5) is 46.4. The maximum atomic E-state index is 12.4. The highest BCUT2D eigenvalue weighted by Crippen LogP contribution is 2.52. The minimum Gasteiger partial charge on any atom is -0.449 e. The third kappa shape index (κ3) is 11.2. The second-order valence-electron chi connectivity index (χ2n) is 11.6. The molecular formula is C30H47N3O8. The molecule has 0 saturated heterocycles. The van der Waals surface area contributed by atoms with Crippen LogP contribution in [0.3, 0.4) is 0 Å². The van der Waals surface area contributed by atoms with E-state index in [1.165, 1.54) is 0 Å². The van der Waals surface area contributed by atoms with Gasteiger partial charge in [-0.1, -0.05) is 19.9 Å². The summed E-state index contributed by atoms with van der Waals surface area (Å²) in [6.07, 6.45) is 5.32. The number of alkyl carbamates (subject to hydrolysis) is 1. The second-order valence-corrected chi connectivity index (χ2v) is 11.6. The van der Waals surface area contributed by atoms with E-state index in [0.717, 1.165) is 32.1 Å². The van der Waals surface area contributed by atoms with Gasteiger partial charge in [0, 0.05) is 44.3 Å². The lowest BCUT2D eigenvalue weighted by atomic mass is 9.92. The molecule has 11 heteroatoms. The number of allylic oxidation sites excluding steroid dienone is 1. The SMILES string of the molecule is C=C(CC(CC)[C@@H](C)OO[C@]1(O)CCCC(OC(N)=O)C1)NC(=O)CCCNC(=O)OC[C@@H]1[C@@H]2CCC#CCC[C@@H]21. The summed E-state index contributed by atoms with van der Waals surface area (Å²) in [7, 11) is 0. The number of amides is 3. The number of nitrogens with two attached hydrogens (primary N) is 1. The fraction of sp³-hybridized carbons (Fsp3) is 0.767. The highest BCUT2D eigenvalue weighted by Gasteiger charge is 2.49. The Bertz CT molecular complexity index is 961. The number of hydrogen-bond donors (Lipinski definition) is 4. The van der Waals surface area contributed by atoms with Gasteiger partial charge in [-0.05, 0) is 69.1 Å². The lowest BCUT2D eigenvalue weighted by molar-refractivity contribution is -0.448. The lowest BCUT2D eigenvalue weighted by Gasteiger charge is -2.36. The van der Waals surface area contributed by atoms with Crippen LogP contribution < -0.4 is 16.4 Å². The topological polar surface area (TPSA) is 158 Å². The first-order chi connectivity index (χ1) is 19.6. The molecule has 41 heavy (non-hydrogen) atoms. The van der Waals surface area contributed by atoms with Crippen molar-refractivity contribution in [2.24, 2.45) is 29.4 Å². The summed E-state index contributed by atoms with van der Waals surface area (Å²) in [5, 5.41) is 16.3. The van der Waals surface area contributed by atoms with Crippen molar-refractivity contribution in [3.05, 3.63) is 12.3 Å². The summed E-state index contributed by atoms with van der Waals surface area (Å²) in [6.45, 7) is 8.58. The van der Waals surface area contributed by atoms with Gasteiger partial charge in [0.15, 0.2) is 0 Å². The van der Waals surface area contributed by atoms with Gasteiger partial charge in [0.1, 0.15) is 6.10 Å². The molecule has 0 aromatic rings. The van der Waals surface area contributed by atoms with Crippen molar-refractivity contribution in [1.29, 1.82) is 0 Å². The molecule has 2 fully saturated rings. The van der Waals surface area contributed by atoms with Gasteiger partial charge >= 0.3 is 12.2 Å². The average Bonchev–Trinajstić information content (AvgIpc) is 3.55. The highest BCUT2D eigenvalue weighted by atomic mass is 17.2. The van der Waals surface area contributed by atoms with Crippen molar-refractivity contribution in [2.75, 3.05) is 13.2 Å². The van der Waals surface area contributed by atoms with Crippen LogP contribution in [-0.4, -0.2) is 54.3 Å². The number of carbonyl (C=O) groups is 3. The number of fused-ring (bicyclic) bond motifs is 1. The van der Waals surface area contributed by atoms with E-state index in [0.29, 0.717) is 68.7 Å². The van der Waals surface area contributed by atoms with Gasteiger partial charge in [0.05, 0.1) is 12.7 Å². The lowest BCUT2D eigenvalue weighted by Crippen LogP contribution is -2.43. The number of primary amides is 1. The van der Waals surface area contributed by atoms with Crippen LogP contribution in [0.25, 0.3) is 0 Å². The largest absolute Gasteiger partial charge is 0.449 e. The van der Waals surface area contributed by atoms with E-state index in [1.54, 1.807) is 0 Å². The monoisotopic (exact) mass is 577 g/mol. The summed E-state index contributed by atoms with van der Waals surface area (Å²) in [5.74, 6) is 6.29. The Kier molecular flexibility index (Phi) is 12.8. The maximum Gasteiger partial charge on any atom is 0.407 e. The Morgan fingerprint density at radius 2 is 1.88 bits per heavy atom. The zero-order chi connectivity index (χ0) is 29.8. The van der Waals surface area contributed by atoms with Crippen LogP contribution in [0.5, 0.6) is 0 Å². The summed E-state index contributed by atoms with van der Waals surface area (Å²) in [6, 6.07) is 0. The average molecular weight is 578 g/mol. The predicted molar refractivity (Wildman–Crippen MR) is 150 cm³/mol. The summed E-state index contributed by atoms with van der Waals surface area (Å²) in [5.41, 5.74) is 5.64. The fourth-order valence-corrected chi connectivity index (χ4v) is 5.96. The molecule has 3 aliphatic rings. The number of carbonyl (C=O) groups excluding carboxylic acids is 3. The Balaban J connectivity index is 1.26. The maximum absolute atomic E-state index is 12.4. The fourth-order valence-electron chi connectivity index (χ4n) is 5.96. The first-order valence-electron chi connectivity index (χ1n) is 15.0. The quantitative estimate of drug-likeness (QED) is 0.0746. The molecule has 0 heterocycles. The van der Waals surface area contributed by atoms with Crippen molar-refractivity contribution < 1.29 is 38.7 Å². The van der Waals surface area contributed by atoms with E-state index in [2.05, 4.69) is 29.1 Å². The van der Waals surface area contributed by atoms with Crippen molar-refractivity contribution in [3.63, 3.8) is 0 Å². The Morgan fingerprint density at radius 3 is 2.54 bits per heavy atom. The van der Waals surface area contributed by atoms with Crippen molar-refractivity contribution in [3.8, 4) is 11.8 Å². The molecule has 0 radical (unpaired) electrons. The molecule has 230 valence electrons. The van der Waals surface area contributed by atoms with Crippen LogP contribution in [0.15, 0.2) is 12.3 Å². The molecule has 0 aromatic carbocycles. The minimum absolute atomic E-state index is 0.0272. The normalized spacial score (nSPS) is 28.3. The van der Waals surface area contributed by atoms with Crippen LogP contribution >= 0.6 is 0 Å².